The SMILES string of the molecule is Cc1noc(-c2c(F)cccc2C(=O)N2CCCC(n3ncc(C(C)(C)O)n3)C2)n1. The molecule has 1 atom stereocenters. The van der Waals surface area contributed by atoms with Gasteiger partial charge in [0, 0.05) is 13.1 Å². The highest BCUT2D eigenvalue weighted by atomic mass is 19.1. The second kappa shape index (κ2) is 7.60. The first-order valence-electron chi connectivity index (χ1n) is 9.77. The molecule has 30 heavy (non-hydrogen) atoms. The van der Waals surface area contributed by atoms with Crippen molar-refractivity contribution in [3.8, 4) is 11.5 Å². The van der Waals surface area contributed by atoms with Crippen LogP contribution in [0.3, 0.4) is 0 Å². The van der Waals surface area contributed by atoms with E-state index >= 15 is 0 Å². The molecule has 0 aliphatic carbocycles. The van der Waals surface area contributed by atoms with Gasteiger partial charge in [0.1, 0.15) is 17.1 Å². The van der Waals surface area contributed by atoms with E-state index in [0.717, 1.165) is 12.8 Å². The van der Waals surface area contributed by atoms with Gasteiger partial charge in [-0.3, -0.25) is 4.79 Å². The Bertz CT molecular complexity index is 1070. The molecule has 10 heteroatoms. The maximum Gasteiger partial charge on any atom is 0.261 e. The van der Waals surface area contributed by atoms with Crippen LogP contribution in [0, 0.1) is 12.7 Å². The number of aliphatic hydroxyl groups is 1. The Morgan fingerprint density at radius 2 is 2.17 bits per heavy atom. The zero-order valence-electron chi connectivity index (χ0n) is 17.0. The molecule has 3 heterocycles. The van der Waals surface area contributed by atoms with E-state index in [1.165, 1.54) is 18.3 Å². The topological polar surface area (TPSA) is 110 Å². The third-order valence-corrected chi connectivity index (χ3v) is 5.13. The van der Waals surface area contributed by atoms with Crippen LogP contribution in [-0.2, 0) is 5.60 Å². The van der Waals surface area contributed by atoms with Gasteiger partial charge in [0.25, 0.3) is 11.8 Å². The standard InChI is InChI=1S/C20H23FN6O3/c1-12-23-18(30-25-12)17-14(7-4-8-15(17)21)19(28)26-9-5-6-13(11-26)27-22-10-16(24-27)20(2,3)29/h4,7-8,10,13,29H,5-6,9,11H2,1-3H3. The normalized spacial score (nSPS) is 17.4. The lowest BCUT2D eigenvalue weighted by atomic mass is 10.0. The van der Waals surface area contributed by atoms with Crippen LogP contribution >= 0.6 is 0 Å². The number of aromatic nitrogens is 5. The first-order valence-corrected chi connectivity index (χ1v) is 9.77. The van der Waals surface area contributed by atoms with E-state index in [9.17, 15) is 14.3 Å². The van der Waals surface area contributed by atoms with Gasteiger partial charge >= 0.3 is 0 Å². The van der Waals surface area contributed by atoms with Crippen molar-refractivity contribution < 1.29 is 18.8 Å². The van der Waals surface area contributed by atoms with Crippen molar-refractivity contribution in [2.45, 2.75) is 45.3 Å². The summed E-state index contributed by atoms with van der Waals surface area (Å²) in [6.07, 6.45) is 3.08. The van der Waals surface area contributed by atoms with Crippen molar-refractivity contribution in [1.29, 1.82) is 0 Å². The van der Waals surface area contributed by atoms with E-state index in [1.54, 1.807) is 36.5 Å². The Morgan fingerprint density at radius 3 is 2.83 bits per heavy atom. The minimum atomic E-state index is -1.10. The summed E-state index contributed by atoms with van der Waals surface area (Å²) in [7, 11) is 0. The summed E-state index contributed by atoms with van der Waals surface area (Å²) >= 11 is 0. The highest BCUT2D eigenvalue weighted by Crippen LogP contribution is 2.29. The molecule has 0 bridgehead atoms. The predicted molar refractivity (Wildman–Crippen MR) is 104 cm³/mol. The molecular formula is C20H23FN6O3. The average Bonchev–Trinajstić information content (AvgIpc) is 3.36. The van der Waals surface area contributed by atoms with Gasteiger partial charge in [0.05, 0.1) is 23.4 Å². The molecule has 1 aliphatic heterocycles. The first-order chi connectivity index (χ1) is 14.2. The van der Waals surface area contributed by atoms with E-state index in [2.05, 4.69) is 20.3 Å². The van der Waals surface area contributed by atoms with Crippen LogP contribution in [0.4, 0.5) is 4.39 Å². The lowest BCUT2D eigenvalue weighted by Crippen LogP contribution is -2.41. The van der Waals surface area contributed by atoms with Crippen LogP contribution in [0.15, 0.2) is 28.9 Å². The van der Waals surface area contributed by atoms with E-state index in [1.807, 2.05) is 0 Å². The molecule has 1 amide bonds. The third-order valence-electron chi connectivity index (χ3n) is 5.13. The van der Waals surface area contributed by atoms with Crippen LogP contribution in [0.5, 0.6) is 0 Å². The van der Waals surface area contributed by atoms with Gasteiger partial charge < -0.3 is 14.5 Å². The highest BCUT2D eigenvalue weighted by Gasteiger charge is 2.31. The summed E-state index contributed by atoms with van der Waals surface area (Å²) in [4.78, 5) is 20.6. The van der Waals surface area contributed by atoms with Gasteiger partial charge in [-0.15, -0.1) is 0 Å². The van der Waals surface area contributed by atoms with Crippen LogP contribution in [0.1, 0.15) is 54.6 Å². The number of nitrogens with zero attached hydrogens (tertiary/aromatic N) is 6. The van der Waals surface area contributed by atoms with E-state index < -0.39 is 11.4 Å². The molecule has 1 aromatic carbocycles. The Hall–Kier alpha value is -3.14. The number of likely N-dealkylation sites (tertiary alicyclic amines) is 1. The Balaban J connectivity index is 1.60. The minimum absolute atomic E-state index is 0.00625. The first kappa shape index (κ1) is 20.1. The third kappa shape index (κ3) is 3.82. The molecule has 3 aromatic rings. The van der Waals surface area contributed by atoms with Crippen molar-refractivity contribution in [1.82, 2.24) is 30.0 Å². The molecule has 0 spiro atoms. The molecule has 9 nitrogen and oxygen atoms in total. The molecule has 1 fully saturated rings. The van der Waals surface area contributed by atoms with Crippen LogP contribution in [0.25, 0.3) is 11.5 Å². The van der Waals surface area contributed by atoms with Crippen molar-refractivity contribution in [3.63, 3.8) is 0 Å². The second-order valence-electron chi connectivity index (χ2n) is 7.97. The molecular weight excluding hydrogens is 391 g/mol. The van der Waals surface area contributed by atoms with E-state index in [4.69, 9.17) is 4.52 Å². The summed E-state index contributed by atoms with van der Waals surface area (Å²) in [5, 5.41) is 22.5. The summed E-state index contributed by atoms with van der Waals surface area (Å²) in [5.74, 6) is -0.579. The van der Waals surface area contributed by atoms with Crippen molar-refractivity contribution in [2.24, 2.45) is 0 Å². The quantitative estimate of drug-likeness (QED) is 0.698. The molecule has 2 aromatic heterocycles. The predicted octanol–water partition coefficient (Wildman–Crippen LogP) is 2.48. The zero-order valence-corrected chi connectivity index (χ0v) is 17.0. The number of rotatable bonds is 4. The maximum absolute atomic E-state index is 14.6. The monoisotopic (exact) mass is 414 g/mol. The second-order valence-corrected chi connectivity index (χ2v) is 7.97. The summed E-state index contributed by atoms with van der Waals surface area (Å²) < 4.78 is 19.7. The van der Waals surface area contributed by atoms with Crippen LogP contribution in [-0.4, -0.2) is 54.1 Å². The summed E-state index contributed by atoms with van der Waals surface area (Å²) in [6, 6.07) is 4.17. The minimum Gasteiger partial charge on any atom is -0.384 e. The molecule has 1 unspecified atom stereocenters. The lowest BCUT2D eigenvalue weighted by molar-refractivity contribution is 0.0641. The van der Waals surface area contributed by atoms with Crippen LogP contribution in [0.2, 0.25) is 0 Å². The van der Waals surface area contributed by atoms with E-state index in [-0.39, 0.29) is 29.0 Å². The van der Waals surface area contributed by atoms with Gasteiger partial charge in [-0.25, -0.2) is 4.39 Å². The number of aryl methyl sites for hydroxylation is 1. The molecule has 1 N–H and O–H groups in total. The number of hydrogen-bond donors (Lipinski definition) is 1. The fourth-order valence-corrected chi connectivity index (χ4v) is 3.55. The smallest absolute Gasteiger partial charge is 0.261 e. The number of halogens is 1. The molecule has 1 aliphatic rings. The molecule has 0 saturated carbocycles. The average molecular weight is 414 g/mol. The largest absolute Gasteiger partial charge is 0.384 e. The maximum atomic E-state index is 14.6. The molecule has 4 rings (SSSR count). The molecule has 1 saturated heterocycles. The highest BCUT2D eigenvalue weighted by molar-refractivity contribution is 6.00. The number of carbonyl (C=O) groups is 1. The summed E-state index contributed by atoms with van der Waals surface area (Å²) in [5.41, 5.74) is -0.456. The molecule has 0 radical (unpaired) electrons. The zero-order chi connectivity index (χ0) is 21.5. The Labute approximate surface area is 172 Å². The number of hydrogen-bond acceptors (Lipinski definition) is 7. The molecule has 158 valence electrons. The number of piperidine rings is 1. The number of benzene rings is 1. The van der Waals surface area contributed by atoms with Crippen molar-refractivity contribution in [2.75, 3.05) is 13.1 Å². The van der Waals surface area contributed by atoms with Crippen LogP contribution < -0.4 is 0 Å². The van der Waals surface area contributed by atoms with Gasteiger partial charge in [0.2, 0.25) is 0 Å². The fraction of sp³-hybridized carbons (Fsp3) is 0.450. The fourth-order valence-electron chi connectivity index (χ4n) is 3.55. The summed E-state index contributed by atoms with van der Waals surface area (Å²) in [6.45, 7) is 5.82. The van der Waals surface area contributed by atoms with Gasteiger partial charge in [-0.2, -0.15) is 20.0 Å². The van der Waals surface area contributed by atoms with E-state index in [0.29, 0.717) is 24.6 Å². The van der Waals surface area contributed by atoms with Gasteiger partial charge in [-0.05, 0) is 45.7 Å². The van der Waals surface area contributed by atoms with Crippen molar-refractivity contribution in [3.05, 3.63) is 47.3 Å². The van der Waals surface area contributed by atoms with Gasteiger partial charge in [0.15, 0.2) is 5.82 Å². The van der Waals surface area contributed by atoms with Gasteiger partial charge in [-0.1, -0.05) is 11.2 Å². The lowest BCUT2D eigenvalue weighted by Gasteiger charge is -2.32. The number of carbonyl (C=O) groups excluding carboxylic acids is 1. The van der Waals surface area contributed by atoms with Crippen molar-refractivity contribution >= 4 is 5.91 Å². The Morgan fingerprint density at radius 1 is 1.37 bits per heavy atom. The number of amides is 1. The Kier molecular flexibility index (Phi) is 5.10.